The highest BCUT2D eigenvalue weighted by atomic mass is 19.1. The van der Waals surface area contributed by atoms with Gasteiger partial charge in [0.1, 0.15) is 17.6 Å². The molecule has 0 bridgehead atoms. The molecule has 0 spiro atoms. The van der Waals surface area contributed by atoms with Gasteiger partial charge in [0, 0.05) is 13.5 Å². The third-order valence-corrected chi connectivity index (χ3v) is 3.26. The normalized spacial score (nSPS) is 11.9. The van der Waals surface area contributed by atoms with E-state index >= 15 is 0 Å². The summed E-state index contributed by atoms with van der Waals surface area (Å²) in [6.45, 7) is 6.19. The summed E-state index contributed by atoms with van der Waals surface area (Å²) in [6, 6.07) is 5.35. The molecule has 0 aliphatic heterocycles. The van der Waals surface area contributed by atoms with Crippen LogP contribution in [-0.2, 0) is 9.59 Å². The monoisotopic (exact) mass is 324 g/mol. The van der Waals surface area contributed by atoms with Crippen LogP contribution in [0, 0.1) is 11.7 Å². The molecule has 2 amide bonds. The van der Waals surface area contributed by atoms with Crippen LogP contribution in [0.25, 0.3) is 0 Å². The third-order valence-electron chi connectivity index (χ3n) is 3.26. The Balaban J connectivity index is 2.19. The Labute approximate surface area is 136 Å². The number of nitrogens with one attached hydrogen (secondary N) is 2. The maximum absolute atomic E-state index is 12.7. The second kappa shape index (κ2) is 9.82. The molecule has 0 unspecified atom stereocenters. The fraction of sp³-hybridized carbons (Fsp3) is 0.529. The van der Waals surface area contributed by atoms with Crippen LogP contribution >= 0.6 is 0 Å². The van der Waals surface area contributed by atoms with Crippen LogP contribution in [0.2, 0.25) is 0 Å². The van der Waals surface area contributed by atoms with Gasteiger partial charge in [-0.1, -0.05) is 13.8 Å². The fourth-order valence-corrected chi connectivity index (χ4v) is 2.02. The van der Waals surface area contributed by atoms with Crippen molar-refractivity contribution in [3.05, 3.63) is 30.1 Å². The van der Waals surface area contributed by atoms with E-state index in [9.17, 15) is 14.0 Å². The van der Waals surface area contributed by atoms with E-state index in [2.05, 4.69) is 10.6 Å². The minimum absolute atomic E-state index is 0.0284. The van der Waals surface area contributed by atoms with Crippen LogP contribution in [0.4, 0.5) is 4.39 Å². The number of benzene rings is 1. The van der Waals surface area contributed by atoms with Gasteiger partial charge in [-0.05, 0) is 43.0 Å². The average molecular weight is 324 g/mol. The van der Waals surface area contributed by atoms with Crippen molar-refractivity contribution in [3.63, 3.8) is 0 Å². The van der Waals surface area contributed by atoms with Crippen molar-refractivity contribution in [3.8, 4) is 5.75 Å². The number of rotatable bonds is 9. The molecule has 1 atom stereocenters. The third kappa shape index (κ3) is 7.63. The smallest absolute Gasteiger partial charge is 0.242 e. The first-order valence-electron chi connectivity index (χ1n) is 7.83. The van der Waals surface area contributed by atoms with Crippen LogP contribution < -0.4 is 15.4 Å². The summed E-state index contributed by atoms with van der Waals surface area (Å²) >= 11 is 0. The minimum atomic E-state index is -0.511. The van der Waals surface area contributed by atoms with Gasteiger partial charge in [-0.2, -0.15) is 0 Å². The van der Waals surface area contributed by atoms with Crippen molar-refractivity contribution in [2.45, 2.75) is 39.7 Å². The molecule has 0 aliphatic carbocycles. The van der Waals surface area contributed by atoms with Gasteiger partial charge in [0.15, 0.2) is 0 Å². The number of hydrogen-bond acceptors (Lipinski definition) is 3. The van der Waals surface area contributed by atoms with Gasteiger partial charge < -0.3 is 15.4 Å². The molecular weight excluding hydrogens is 299 g/mol. The molecule has 128 valence electrons. The summed E-state index contributed by atoms with van der Waals surface area (Å²) < 4.78 is 18.2. The maximum atomic E-state index is 12.7. The highest BCUT2D eigenvalue weighted by Crippen LogP contribution is 2.11. The molecule has 0 aliphatic rings. The molecule has 6 heteroatoms. The van der Waals surface area contributed by atoms with E-state index < -0.39 is 6.04 Å². The summed E-state index contributed by atoms with van der Waals surface area (Å²) in [5.74, 6) is -0.0261. The predicted octanol–water partition coefficient (Wildman–Crippen LogP) is 2.26. The van der Waals surface area contributed by atoms with Crippen molar-refractivity contribution in [1.29, 1.82) is 0 Å². The zero-order chi connectivity index (χ0) is 17.2. The second-order valence-corrected chi connectivity index (χ2v) is 5.72. The molecule has 1 rings (SSSR count). The summed E-state index contributed by atoms with van der Waals surface area (Å²) in [5, 5.41) is 5.47. The Kier molecular flexibility index (Phi) is 8.08. The average Bonchev–Trinajstić information content (AvgIpc) is 2.49. The van der Waals surface area contributed by atoms with Gasteiger partial charge in [-0.25, -0.2) is 4.39 Å². The first kappa shape index (κ1) is 18.9. The Hall–Kier alpha value is -2.11. The van der Waals surface area contributed by atoms with Crippen LogP contribution in [-0.4, -0.2) is 31.0 Å². The quantitative estimate of drug-likeness (QED) is 0.685. The van der Waals surface area contributed by atoms with E-state index in [4.69, 9.17) is 4.74 Å². The van der Waals surface area contributed by atoms with Crippen LogP contribution in [0.15, 0.2) is 24.3 Å². The second-order valence-electron chi connectivity index (χ2n) is 5.72. The fourth-order valence-electron chi connectivity index (χ4n) is 2.02. The molecule has 0 saturated heterocycles. The van der Waals surface area contributed by atoms with E-state index in [0.717, 1.165) is 12.8 Å². The molecule has 0 aromatic heterocycles. The molecular formula is C17H25FN2O3. The van der Waals surface area contributed by atoms with Crippen LogP contribution in [0.5, 0.6) is 5.75 Å². The predicted molar refractivity (Wildman–Crippen MR) is 86.6 cm³/mol. The Morgan fingerprint density at radius 3 is 2.39 bits per heavy atom. The Morgan fingerprint density at radius 1 is 1.17 bits per heavy atom. The lowest BCUT2D eigenvalue weighted by Crippen LogP contribution is -2.49. The van der Waals surface area contributed by atoms with Gasteiger partial charge in [-0.3, -0.25) is 9.59 Å². The molecule has 1 aromatic carbocycles. The standard InChI is InChI=1S/C17H25FN2O3/c1-12(2)16(20-13(3)21)17(22)19-10-4-5-11-23-15-8-6-14(18)7-9-15/h6-9,12,16H,4-5,10-11H2,1-3H3,(H,19,22)(H,20,21)/t16-/m1/s1. The van der Waals surface area contributed by atoms with E-state index in [1.165, 1.54) is 19.1 Å². The van der Waals surface area contributed by atoms with Crippen LogP contribution in [0.1, 0.15) is 33.6 Å². The lowest BCUT2D eigenvalue weighted by molar-refractivity contribution is -0.129. The van der Waals surface area contributed by atoms with Crippen molar-refractivity contribution < 1.29 is 18.7 Å². The number of ether oxygens (including phenoxy) is 1. The first-order valence-corrected chi connectivity index (χ1v) is 7.83. The topological polar surface area (TPSA) is 67.4 Å². The van der Waals surface area contributed by atoms with Gasteiger partial charge in [0.05, 0.1) is 6.61 Å². The lowest BCUT2D eigenvalue weighted by Gasteiger charge is -2.20. The highest BCUT2D eigenvalue weighted by Gasteiger charge is 2.22. The number of hydrogen-bond donors (Lipinski definition) is 2. The molecule has 0 fully saturated rings. The van der Waals surface area contributed by atoms with Gasteiger partial charge in [0.2, 0.25) is 11.8 Å². The van der Waals surface area contributed by atoms with E-state index in [1.54, 1.807) is 12.1 Å². The van der Waals surface area contributed by atoms with Crippen molar-refractivity contribution in [1.82, 2.24) is 10.6 Å². The number of halogens is 1. The Morgan fingerprint density at radius 2 is 1.83 bits per heavy atom. The van der Waals surface area contributed by atoms with Crippen molar-refractivity contribution in [2.75, 3.05) is 13.2 Å². The first-order chi connectivity index (χ1) is 10.9. The van der Waals surface area contributed by atoms with Crippen LogP contribution in [0.3, 0.4) is 0 Å². The van der Waals surface area contributed by atoms with Gasteiger partial charge in [-0.15, -0.1) is 0 Å². The van der Waals surface area contributed by atoms with E-state index in [-0.39, 0.29) is 23.5 Å². The zero-order valence-electron chi connectivity index (χ0n) is 13.9. The summed E-state index contributed by atoms with van der Waals surface area (Å²) in [7, 11) is 0. The molecule has 0 saturated carbocycles. The largest absolute Gasteiger partial charge is 0.494 e. The Bertz CT molecular complexity index is 503. The number of carbonyl (C=O) groups is 2. The summed E-state index contributed by atoms with van der Waals surface area (Å²) in [5.41, 5.74) is 0. The van der Waals surface area contributed by atoms with Crippen molar-refractivity contribution >= 4 is 11.8 Å². The molecule has 0 heterocycles. The molecule has 1 aromatic rings. The minimum Gasteiger partial charge on any atom is -0.494 e. The molecule has 5 nitrogen and oxygen atoms in total. The van der Waals surface area contributed by atoms with E-state index in [0.29, 0.717) is 18.9 Å². The number of unbranched alkanes of at least 4 members (excludes halogenated alkanes) is 1. The molecule has 0 radical (unpaired) electrons. The summed E-state index contributed by atoms with van der Waals surface area (Å²) in [6.07, 6.45) is 1.53. The number of carbonyl (C=O) groups excluding carboxylic acids is 2. The van der Waals surface area contributed by atoms with Gasteiger partial charge in [0.25, 0.3) is 0 Å². The maximum Gasteiger partial charge on any atom is 0.242 e. The SMILES string of the molecule is CC(=O)N[C@@H](C(=O)NCCCCOc1ccc(F)cc1)C(C)C. The van der Waals surface area contributed by atoms with Crippen molar-refractivity contribution in [2.24, 2.45) is 5.92 Å². The highest BCUT2D eigenvalue weighted by molar-refractivity contribution is 5.86. The number of amides is 2. The zero-order valence-corrected chi connectivity index (χ0v) is 13.9. The van der Waals surface area contributed by atoms with E-state index in [1.807, 2.05) is 13.8 Å². The van der Waals surface area contributed by atoms with Gasteiger partial charge >= 0.3 is 0 Å². The lowest BCUT2D eigenvalue weighted by atomic mass is 10.0. The molecule has 2 N–H and O–H groups in total. The summed E-state index contributed by atoms with van der Waals surface area (Å²) in [4.78, 5) is 23.1. The molecule has 23 heavy (non-hydrogen) atoms.